The molecule has 0 aromatic rings. The van der Waals surface area contributed by atoms with Crippen LogP contribution in [-0.4, -0.2) is 6.54 Å². The summed E-state index contributed by atoms with van der Waals surface area (Å²) in [5, 5.41) is 0. The Morgan fingerprint density at radius 1 is 1.83 bits per heavy atom. The van der Waals surface area contributed by atoms with Crippen LogP contribution in [0, 0.1) is 12.0 Å². The lowest BCUT2D eigenvalue weighted by Gasteiger charge is -1.76. The quantitative estimate of drug-likeness (QED) is 0.415. The first-order valence-electron chi connectivity index (χ1n) is 2.31. The molecule has 0 aromatic carbocycles. The van der Waals surface area contributed by atoms with Crippen LogP contribution in [0.2, 0.25) is 0 Å². The molecule has 1 atom stereocenters. The third kappa shape index (κ3) is 0.514. The number of rotatable bonds is 0. The van der Waals surface area contributed by atoms with E-state index in [1.807, 2.05) is 0 Å². The van der Waals surface area contributed by atoms with Crippen LogP contribution < -0.4 is 0 Å². The van der Waals surface area contributed by atoms with Gasteiger partial charge in [-0.3, -0.25) is 0 Å². The normalized spacial score (nSPS) is 29.2. The van der Waals surface area contributed by atoms with Crippen molar-refractivity contribution in [1.82, 2.24) is 0 Å². The van der Waals surface area contributed by atoms with Gasteiger partial charge in [0, 0.05) is 6.42 Å². The fraction of sp³-hybridized carbons (Fsp3) is 0.800. The van der Waals surface area contributed by atoms with Crippen molar-refractivity contribution in [3.63, 3.8) is 0 Å². The molecule has 1 heterocycles. The highest BCUT2D eigenvalue weighted by molar-refractivity contribution is 4.98. The van der Waals surface area contributed by atoms with Crippen molar-refractivity contribution >= 4 is 0 Å². The topological polar surface area (TPSA) is 4.36 Å². The number of hydrogen-bond acceptors (Lipinski definition) is 0. The Kier molecular flexibility index (Phi) is 0.795. The summed E-state index contributed by atoms with van der Waals surface area (Å²) in [6, 6.07) is 2.94. The zero-order valence-electron chi connectivity index (χ0n) is 3.94. The molecule has 0 amide bonds. The summed E-state index contributed by atoms with van der Waals surface area (Å²) < 4.78 is 0. The molecule has 1 aliphatic heterocycles. The van der Waals surface area contributed by atoms with Crippen LogP contribution in [0.5, 0.6) is 0 Å². The van der Waals surface area contributed by atoms with Crippen LogP contribution in [0.4, 0.5) is 0 Å². The summed E-state index contributed by atoms with van der Waals surface area (Å²) in [5.74, 6) is 0.630. The Morgan fingerprint density at radius 2 is 2.67 bits per heavy atom. The molecule has 0 bridgehead atoms. The first-order chi connectivity index (χ1) is 2.89. The van der Waals surface area contributed by atoms with Crippen LogP contribution in [0.3, 0.4) is 0 Å². The van der Waals surface area contributed by atoms with Gasteiger partial charge in [0.2, 0.25) is 0 Å². The van der Waals surface area contributed by atoms with E-state index in [0.717, 1.165) is 6.54 Å². The van der Waals surface area contributed by atoms with Crippen LogP contribution >= 0.6 is 0 Å². The van der Waals surface area contributed by atoms with Gasteiger partial charge in [-0.15, -0.1) is 0 Å². The summed E-state index contributed by atoms with van der Waals surface area (Å²) >= 11 is 0. The number of nitrogens with zero attached hydrogens (tertiary/aromatic N) is 1. The van der Waals surface area contributed by atoms with Crippen molar-refractivity contribution < 1.29 is 0 Å². The molecule has 1 aliphatic rings. The fourth-order valence-electron chi connectivity index (χ4n) is 0.543. The predicted octanol–water partition coefficient (Wildman–Crippen LogP) is 1.36. The minimum Gasteiger partial charge on any atom is -0.0834 e. The van der Waals surface area contributed by atoms with Gasteiger partial charge in [-0.05, 0) is 6.92 Å². The summed E-state index contributed by atoms with van der Waals surface area (Å²) in [4.78, 5) is 3.91. The summed E-state index contributed by atoms with van der Waals surface area (Å²) in [6.45, 7) is 3.14. The lowest BCUT2D eigenvalue weighted by Crippen LogP contribution is -1.82. The van der Waals surface area contributed by atoms with Crippen LogP contribution in [0.25, 0.3) is 4.85 Å². The van der Waals surface area contributed by atoms with Gasteiger partial charge in [-0.25, -0.2) is 0 Å². The van der Waals surface area contributed by atoms with Gasteiger partial charge in [-0.2, -0.15) is 0 Å². The maximum atomic E-state index is 3.91. The third-order valence-corrected chi connectivity index (χ3v) is 0.986. The monoisotopic (exact) mass is 82.1 g/mol. The Labute approximate surface area is 37.8 Å². The summed E-state index contributed by atoms with van der Waals surface area (Å²) in [7, 11) is 0. The Balaban J connectivity index is 2.45. The molecule has 0 radical (unpaired) electrons. The van der Waals surface area contributed by atoms with Gasteiger partial charge >= 0.3 is 0 Å². The Morgan fingerprint density at radius 3 is 2.83 bits per heavy atom. The van der Waals surface area contributed by atoms with E-state index in [0.29, 0.717) is 5.92 Å². The zero-order valence-corrected chi connectivity index (χ0v) is 3.94. The van der Waals surface area contributed by atoms with Gasteiger partial charge in [0.1, 0.15) is 0 Å². The molecule has 0 fully saturated rings. The second-order valence-corrected chi connectivity index (χ2v) is 1.70. The maximum absolute atomic E-state index is 3.91. The standard InChI is InChI=1S/C5H8N/c1-5-2-3-6-4-5/h5H,2-3H2,1H3/q+1. The lowest BCUT2D eigenvalue weighted by atomic mass is 10.2. The molecule has 0 aromatic heterocycles. The second kappa shape index (κ2) is 1.30. The predicted molar refractivity (Wildman–Crippen MR) is 25.9 cm³/mol. The first-order valence-corrected chi connectivity index (χ1v) is 2.31. The van der Waals surface area contributed by atoms with E-state index in [9.17, 15) is 0 Å². The molecule has 1 unspecified atom stereocenters. The van der Waals surface area contributed by atoms with Crippen molar-refractivity contribution in [2.24, 2.45) is 5.92 Å². The van der Waals surface area contributed by atoms with E-state index in [1.165, 1.54) is 6.42 Å². The lowest BCUT2D eigenvalue weighted by molar-refractivity contribution is 0.738. The minimum atomic E-state index is 0.630. The van der Waals surface area contributed by atoms with E-state index < -0.39 is 0 Å². The van der Waals surface area contributed by atoms with E-state index in [1.54, 1.807) is 0 Å². The van der Waals surface area contributed by atoms with Crippen LogP contribution in [0.15, 0.2) is 0 Å². The van der Waals surface area contributed by atoms with Gasteiger partial charge in [0.25, 0.3) is 12.6 Å². The van der Waals surface area contributed by atoms with E-state index >= 15 is 0 Å². The second-order valence-electron chi connectivity index (χ2n) is 1.70. The molecule has 0 spiro atoms. The Bertz CT molecular complexity index is 96.2. The average molecular weight is 82.1 g/mol. The molecule has 0 saturated heterocycles. The molecule has 0 N–H and O–H groups in total. The molecule has 1 heteroatoms. The average Bonchev–Trinajstić information content (AvgIpc) is 1.86. The molecule has 1 nitrogen and oxygen atoms in total. The van der Waals surface area contributed by atoms with Crippen molar-refractivity contribution in [2.75, 3.05) is 6.54 Å². The number of hydrogen-bond donors (Lipinski definition) is 0. The van der Waals surface area contributed by atoms with Crippen molar-refractivity contribution in [1.29, 1.82) is 0 Å². The van der Waals surface area contributed by atoms with Gasteiger partial charge in [-0.1, -0.05) is 4.85 Å². The van der Waals surface area contributed by atoms with Crippen molar-refractivity contribution in [3.05, 3.63) is 4.85 Å². The molecule has 6 heavy (non-hydrogen) atoms. The largest absolute Gasteiger partial charge is 0.276 e. The van der Waals surface area contributed by atoms with Crippen molar-refractivity contribution in [3.8, 4) is 6.07 Å². The van der Waals surface area contributed by atoms with Gasteiger partial charge < -0.3 is 0 Å². The highest BCUT2D eigenvalue weighted by atomic mass is 14.7. The molecular formula is C5H8N+. The Hall–Kier alpha value is -0.510. The molecular weight excluding hydrogens is 74.1 g/mol. The molecule has 1 rings (SSSR count). The van der Waals surface area contributed by atoms with Crippen LogP contribution in [0.1, 0.15) is 13.3 Å². The smallest absolute Gasteiger partial charge is 0.0834 e. The molecule has 0 aliphatic carbocycles. The SMILES string of the molecule is CC1C#[N+]CC1. The van der Waals surface area contributed by atoms with Gasteiger partial charge in [0.05, 0.1) is 5.92 Å². The van der Waals surface area contributed by atoms with Crippen LogP contribution in [-0.2, 0) is 0 Å². The molecule has 0 saturated carbocycles. The highest BCUT2D eigenvalue weighted by Gasteiger charge is 2.11. The zero-order chi connectivity index (χ0) is 4.41. The molecule has 32 valence electrons. The third-order valence-electron chi connectivity index (χ3n) is 0.986. The summed E-state index contributed by atoms with van der Waals surface area (Å²) in [5.41, 5.74) is 0. The van der Waals surface area contributed by atoms with E-state index in [-0.39, 0.29) is 0 Å². The van der Waals surface area contributed by atoms with E-state index in [2.05, 4.69) is 17.8 Å². The first kappa shape index (κ1) is 3.67. The summed E-state index contributed by atoms with van der Waals surface area (Å²) in [6.07, 6.45) is 1.21. The fourth-order valence-corrected chi connectivity index (χ4v) is 0.543. The highest BCUT2D eigenvalue weighted by Crippen LogP contribution is 2.05. The van der Waals surface area contributed by atoms with Crippen molar-refractivity contribution in [2.45, 2.75) is 13.3 Å². The van der Waals surface area contributed by atoms with Gasteiger partial charge in [0.15, 0.2) is 0 Å². The minimum absolute atomic E-state index is 0.630. The van der Waals surface area contributed by atoms with E-state index in [4.69, 9.17) is 0 Å². The maximum Gasteiger partial charge on any atom is 0.276 e.